The van der Waals surface area contributed by atoms with Crippen LogP contribution < -0.4 is 26.0 Å². The maximum absolute atomic E-state index is 13.4. The van der Waals surface area contributed by atoms with Gasteiger partial charge in [-0.05, 0) is 55.0 Å². The molecule has 3 rings (SSSR count). The van der Waals surface area contributed by atoms with Crippen LogP contribution in [-0.2, 0) is 19.8 Å². The molecule has 0 bridgehead atoms. The highest BCUT2D eigenvalue weighted by Crippen LogP contribution is 2.23. The van der Waals surface area contributed by atoms with Crippen LogP contribution in [0.15, 0.2) is 48.5 Å². The van der Waals surface area contributed by atoms with Gasteiger partial charge in [-0.2, -0.15) is 0 Å². The zero-order valence-electron chi connectivity index (χ0n) is 24.2. The lowest BCUT2D eigenvalue weighted by Gasteiger charge is -2.27. The molecular weight excluding hydrogens is 527 g/mol. The van der Waals surface area contributed by atoms with Crippen molar-refractivity contribution < 1.29 is 28.3 Å². The van der Waals surface area contributed by atoms with E-state index < -0.39 is 29.3 Å². The Bertz CT molecular complexity index is 1220. The summed E-state index contributed by atoms with van der Waals surface area (Å²) in [5.41, 5.74) is 0.566. The van der Waals surface area contributed by atoms with Gasteiger partial charge in [-0.15, -0.1) is 0 Å². The van der Waals surface area contributed by atoms with E-state index in [0.717, 1.165) is 5.56 Å². The molecule has 9 nitrogen and oxygen atoms in total. The maximum Gasteiger partial charge on any atom is 0.255 e. The fraction of sp³-hybridized carbons (Fsp3) is 0.484. The topological polar surface area (TPSA) is 126 Å². The second-order valence-corrected chi connectivity index (χ2v) is 11.4. The van der Waals surface area contributed by atoms with Crippen molar-refractivity contribution in [2.24, 2.45) is 5.92 Å². The minimum Gasteiger partial charge on any atom is -0.493 e. The minimum absolute atomic E-state index is 0.0133. The first-order chi connectivity index (χ1) is 19.5. The molecule has 2 atom stereocenters. The smallest absolute Gasteiger partial charge is 0.255 e. The summed E-state index contributed by atoms with van der Waals surface area (Å²) in [7, 11) is 0. The van der Waals surface area contributed by atoms with Crippen molar-refractivity contribution >= 4 is 23.6 Å². The Balaban J connectivity index is 1.81. The standard InChI is InChI=1S/C31H41FN4O5/c1-20(2)18-25-30(40)33-16-7-17-41-26-9-6-5-8-23(26)28(38)36-24(14-15-27(37)35-25)29(39)34-19-31(3,4)21-10-12-22(32)13-11-21/h5-6,8-13,20,24-25H,7,14-19H2,1-4H3,(H,33,40)(H,34,39)(H,35,37)(H,36,38)/t24-,25?/m0/s1. The Morgan fingerprint density at radius 3 is 2.49 bits per heavy atom. The van der Waals surface area contributed by atoms with Crippen LogP contribution in [0.4, 0.5) is 4.39 Å². The number of nitrogens with one attached hydrogen (secondary N) is 4. The first kappa shape index (κ1) is 31.6. The zero-order valence-corrected chi connectivity index (χ0v) is 24.2. The van der Waals surface area contributed by atoms with Crippen molar-refractivity contribution in [1.82, 2.24) is 21.3 Å². The molecule has 4 N–H and O–H groups in total. The van der Waals surface area contributed by atoms with Crippen LogP contribution in [0.2, 0.25) is 0 Å². The second-order valence-electron chi connectivity index (χ2n) is 11.4. The minimum atomic E-state index is -1.03. The molecular formula is C31H41FN4O5. The predicted molar refractivity (Wildman–Crippen MR) is 154 cm³/mol. The molecule has 0 saturated carbocycles. The van der Waals surface area contributed by atoms with Gasteiger partial charge >= 0.3 is 0 Å². The van der Waals surface area contributed by atoms with Crippen molar-refractivity contribution in [1.29, 1.82) is 0 Å². The third-order valence-electron chi connectivity index (χ3n) is 6.98. The van der Waals surface area contributed by atoms with Crippen LogP contribution in [0.25, 0.3) is 0 Å². The first-order valence-electron chi connectivity index (χ1n) is 14.1. The van der Waals surface area contributed by atoms with Gasteiger partial charge in [-0.25, -0.2) is 4.39 Å². The molecule has 0 fully saturated rings. The van der Waals surface area contributed by atoms with E-state index in [4.69, 9.17) is 4.74 Å². The van der Waals surface area contributed by atoms with Gasteiger partial charge in [0.2, 0.25) is 17.7 Å². The number of fused-ring (bicyclic) bond motifs is 1. The Hall–Kier alpha value is -3.95. The second kappa shape index (κ2) is 14.6. The number of halogens is 1. The van der Waals surface area contributed by atoms with Gasteiger partial charge in [0.25, 0.3) is 5.91 Å². The quantitative estimate of drug-likeness (QED) is 0.426. The average molecular weight is 569 g/mol. The summed E-state index contributed by atoms with van der Waals surface area (Å²) in [5, 5.41) is 11.3. The zero-order chi connectivity index (χ0) is 30.0. The molecule has 222 valence electrons. The molecule has 1 aliphatic heterocycles. The number of amides is 4. The van der Waals surface area contributed by atoms with Gasteiger partial charge in [0.05, 0.1) is 12.2 Å². The molecule has 1 heterocycles. The number of rotatable bonds is 6. The lowest BCUT2D eigenvalue weighted by Crippen LogP contribution is -2.51. The van der Waals surface area contributed by atoms with Crippen molar-refractivity contribution in [3.05, 3.63) is 65.5 Å². The van der Waals surface area contributed by atoms with Crippen LogP contribution in [0.1, 0.15) is 69.3 Å². The normalized spacial score (nSPS) is 19.3. The van der Waals surface area contributed by atoms with Gasteiger partial charge in [0.15, 0.2) is 0 Å². The van der Waals surface area contributed by atoms with Crippen molar-refractivity contribution in [2.45, 2.75) is 70.9 Å². The fourth-order valence-corrected chi connectivity index (χ4v) is 4.55. The molecule has 1 unspecified atom stereocenters. The molecule has 41 heavy (non-hydrogen) atoms. The summed E-state index contributed by atoms with van der Waals surface area (Å²) >= 11 is 0. The number of hydrogen-bond acceptors (Lipinski definition) is 5. The van der Waals surface area contributed by atoms with Crippen molar-refractivity contribution in [3.63, 3.8) is 0 Å². The molecule has 0 aromatic heterocycles. The molecule has 1 aliphatic rings. The summed E-state index contributed by atoms with van der Waals surface area (Å²) in [6.45, 7) is 8.59. The summed E-state index contributed by atoms with van der Waals surface area (Å²) < 4.78 is 19.3. The van der Waals surface area contributed by atoms with E-state index in [1.807, 2.05) is 27.7 Å². The van der Waals surface area contributed by atoms with Gasteiger partial charge in [0, 0.05) is 24.9 Å². The third kappa shape index (κ3) is 9.58. The van der Waals surface area contributed by atoms with E-state index in [0.29, 0.717) is 25.1 Å². The van der Waals surface area contributed by atoms with E-state index >= 15 is 0 Å². The lowest BCUT2D eigenvalue weighted by atomic mass is 9.84. The molecule has 2 aromatic rings. The molecule has 2 aromatic carbocycles. The molecule has 10 heteroatoms. The monoisotopic (exact) mass is 568 g/mol. The largest absolute Gasteiger partial charge is 0.493 e. The summed E-state index contributed by atoms with van der Waals surface area (Å²) in [4.78, 5) is 52.4. The summed E-state index contributed by atoms with van der Waals surface area (Å²) in [6.07, 6.45) is 0.888. The highest BCUT2D eigenvalue weighted by atomic mass is 19.1. The number of para-hydroxylation sites is 1. The fourth-order valence-electron chi connectivity index (χ4n) is 4.55. The third-order valence-corrected chi connectivity index (χ3v) is 6.98. The summed E-state index contributed by atoms with van der Waals surface area (Å²) in [5.74, 6) is -1.45. The number of benzene rings is 2. The molecule has 0 spiro atoms. The highest BCUT2D eigenvalue weighted by Gasteiger charge is 2.28. The Morgan fingerprint density at radius 1 is 1.07 bits per heavy atom. The Labute approximate surface area is 241 Å². The van der Waals surface area contributed by atoms with E-state index in [-0.39, 0.29) is 55.1 Å². The van der Waals surface area contributed by atoms with Gasteiger partial charge < -0.3 is 26.0 Å². The van der Waals surface area contributed by atoms with Gasteiger partial charge in [-0.3, -0.25) is 19.2 Å². The van der Waals surface area contributed by atoms with Gasteiger partial charge in [0.1, 0.15) is 23.7 Å². The van der Waals surface area contributed by atoms with Crippen LogP contribution in [-0.4, -0.2) is 55.4 Å². The lowest BCUT2D eigenvalue weighted by molar-refractivity contribution is -0.129. The van der Waals surface area contributed by atoms with Crippen LogP contribution in [0.5, 0.6) is 5.75 Å². The van der Waals surface area contributed by atoms with E-state index in [2.05, 4.69) is 21.3 Å². The van der Waals surface area contributed by atoms with Crippen LogP contribution >= 0.6 is 0 Å². The highest BCUT2D eigenvalue weighted by molar-refractivity contribution is 5.99. The Kier molecular flexibility index (Phi) is 11.3. The molecule has 0 radical (unpaired) electrons. The average Bonchev–Trinajstić information content (AvgIpc) is 2.93. The summed E-state index contributed by atoms with van der Waals surface area (Å²) in [6, 6.07) is 11.0. The van der Waals surface area contributed by atoms with Crippen molar-refractivity contribution in [3.8, 4) is 5.75 Å². The SMILES string of the molecule is CC(C)CC1NC(=O)CC[C@@H](C(=O)NCC(C)(C)c2ccc(F)cc2)NC(=O)c2ccccc2OCCCNC1=O. The Morgan fingerprint density at radius 2 is 1.78 bits per heavy atom. The van der Waals surface area contributed by atoms with Crippen LogP contribution in [0.3, 0.4) is 0 Å². The molecule has 4 amide bonds. The predicted octanol–water partition coefficient (Wildman–Crippen LogP) is 3.23. The maximum atomic E-state index is 13.4. The number of ether oxygens (including phenoxy) is 1. The molecule has 0 saturated heterocycles. The first-order valence-corrected chi connectivity index (χ1v) is 14.1. The van der Waals surface area contributed by atoms with E-state index in [9.17, 15) is 23.6 Å². The number of hydrogen-bond donors (Lipinski definition) is 4. The number of carbonyl (C=O) groups excluding carboxylic acids is 4. The van der Waals surface area contributed by atoms with Crippen molar-refractivity contribution in [2.75, 3.05) is 19.7 Å². The van der Waals surface area contributed by atoms with Crippen LogP contribution in [0, 0.1) is 11.7 Å². The molecule has 0 aliphatic carbocycles. The van der Waals surface area contributed by atoms with Gasteiger partial charge in [-0.1, -0.05) is 52.0 Å². The van der Waals surface area contributed by atoms with E-state index in [1.54, 1.807) is 36.4 Å². The van der Waals surface area contributed by atoms with E-state index in [1.165, 1.54) is 12.1 Å². The number of carbonyl (C=O) groups is 4.